The van der Waals surface area contributed by atoms with Gasteiger partial charge < -0.3 is 15.7 Å². The van der Waals surface area contributed by atoms with Crippen molar-refractivity contribution in [3.8, 4) is 0 Å². The van der Waals surface area contributed by atoms with Gasteiger partial charge in [-0.25, -0.2) is 4.79 Å². The number of carbonyl (C=O) groups is 2. The lowest BCUT2D eigenvalue weighted by molar-refractivity contribution is -0.148. The maximum Gasteiger partial charge on any atom is 0.319 e. The monoisotopic (exact) mass is 374 g/mol. The normalized spacial score (nSPS) is 24.6. The fraction of sp³-hybridized carbons (Fsp3) is 0.429. The van der Waals surface area contributed by atoms with Crippen LogP contribution in [-0.4, -0.2) is 23.1 Å². The van der Waals surface area contributed by atoms with Gasteiger partial charge >= 0.3 is 12.0 Å². The molecule has 0 aliphatic heterocycles. The van der Waals surface area contributed by atoms with E-state index in [9.17, 15) is 14.7 Å². The van der Waals surface area contributed by atoms with Gasteiger partial charge in [-0.1, -0.05) is 18.0 Å². The Morgan fingerprint density at radius 3 is 2.81 bits per heavy atom. The molecular weight excluding hydrogens is 360 g/mol. The molecule has 1 aromatic rings. The number of carbonyl (C=O) groups excluding carboxylic acids is 1. The van der Waals surface area contributed by atoms with E-state index in [1.54, 1.807) is 25.1 Å². The standard InChI is InChI=1S/C14H16BrClN2O3/c1-14(12(19)20)6-2-3-11(14)18-13(21)17-8-4-5-10(16)9(15)7-8/h4-5,7,11H,2-3,6H2,1H3,(H,19,20)(H2,17,18,21). The van der Waals surface area contributed by atoms with Crippen LogP contribution in [0.15, 0.2) is 22.7 Å². The number of carboxylic acid groups (broad SMARTS) is 1. The molecule has 2 rings (SSSR count). The summed E-state index contributed by atoms with van der Waals surface area (Å²) in [5, 5.41) is 15.3. The summed E-state index contributed by atoms with van der Waals surface area (Å²) in [5.74, 6) is -0.875. The molecule has 2 amide bonds. The molecule has 1 aliphatic carbocycles. The number of rotatable bonds is 3. The van der Waals surface area contributed by atoms with Gasteiger partial charge in [-0.15, -0.1) is 0 Å². The van der Waals surface area contributed by atoms with Crippen molar-refractivity contribution in [1.82, 2.24) is 5.32 Å². The molecule has 1 aromatic carbocycles. The summed E-state index contributed by atoms with van der Waals surface area (Å²) in [6.45, 7) is 1.67. The molecule has 0 spiro atoms. The topological polar surface area (TPSA) is 78.4 Å². The SMILES string of the molecule is CC1(C(=O)O)CCCC1NC(=O)Nc1ccc(Cl)c(Br)c1. The van der Waals surface area contributed by atoms with Crippen LogP contribution >= 0.6 is 27.5 Å². The van der Waals surface area contributed by atoms with Gasteiger partial charge in [0, 0.05) is 16.2 Å². The number of urea groups is 1. The highest BCUT2D eigenvalue weighted by Crippen LogP contribution is 2.38. The van der Waals surface area contributed by atoms with Gasteiger partial charge in [-0.3, -0.25) is 4.79 Å². The zero-order valence-corrected chi connectivity index (χ0v) is 13.8. The number of aliphatic carboxylic acids is 1. The van der Waals surface area contributed by atoms with Gasteiger partial charge in [0.25, 0.3) is 0 Å². The molecule has 7 heteroatoms. The Hall–Kier alpha value is -1.27. The van der Waals surface area contributed by atoms with Crippen LogP contribution in [0.3, 0.4) is 0 Å². The van der Waals surface area contributed by atoms with Crippen molar-refractivity contribution in [2.45, 2.75) is 32.2 Å². The van der Waals surface area contributed by atoms with Crippen LogP contribution in [0.5, 0.6) is 0 Å². The van der Waals surface area contributed by atoms with Crippen molar-refractivity contribution in [3.05, 3.63) is 27.7 Å². The van der Waals surface area contributed by atoms with Crippen LogP contribution in [-0.2, 0) is 4.79 Å². The molecule has 2 unspecified atom stereocenters. The average molecular weight is 376 g/mol. The summed E-state index contributed by atoms with van der Waals surface area (Å²) in [5.41, 5.74) is -0.323. The van der Waals surface area contributed by atoms with Crippen molar-refractivity contribution in [2.75, 3.05) is 5.32 Å². The average Bonchev–Trinajstić information content (AvgIpc) is 2.77. The van der Waals surface area contributed by atoms with E-state index >= 15 is 0 Å². The molecule has 0 aromatic heterocycles. The van der Waals surface area contributed by atoms with Crippen molar-refractivity contribution in [1.29, 1.82) is 0 Å². The first-order valence-corrected chi connectivity index (χ1v) is 7.76. The Bertz CT molecular complexity index is 581. The summed E-state index contributed by atoms with van der Waals surface area (Å²) < 4.78 is 0.679. The summed E-state index contributed by atoms with van der Waals surface area (Å²) in [7, 11) is 0. The van der Waals surface area contributed by atoms with E-state index in [2.05, 4.69) is 26.6 Å². The van der Waals surface area contributed by atoms with Crippen LogP contribution in [0.2, 0.25) is 5.02 Å². The predicted octanol–water partition coefficient (Wildman–Crippen LogP) is 3.87. The van der Waals surface area contributed by atoms with E-state index in [4.69, 9.17) is 11.6 Å². The van der Waals surface area contributed by atoms with Crippen LogP contribution < -0.4 is 10.6 Å². The lowest BCUT2D eigenvalue weighted by Crippen LogP contribution is -2.48. The zero-order chi connectivity index (χ0) is 15.6. The highest BCUT2D eigenvalue weighted by Gasteiger charge is 2.45. The minimum Gasteiger partial charge on any atom is -0.481 e. The first-order valence-electron chi connectivity index (χ1n) is 6.59. The van der Waals surface area contributed by atoms with E-state index in [0.29, 0.717) is 28.0 Å². The molecule has 1 fully saturated rings. The fourth-order valence-corrected chi connectivity index (χ4v) is 3.05. The third kappa shape index (κ3) is 3.49. The minimum absolute atomic E-state index is 0.370. The highest BCUT2D eigenvalue weighted by molar-refractivity contribution is 9.10. The molecule has 0 bridgehead atoms. The van der Waals surface area contributed by atoms with Crippen LogP contribution in [0.4, 0.5) is 10.5 Å². The van der Waals surface area contributed by atoms with E-state index < -0.39 is 17.4 Å². The highest BCUT2D eigenvalue weighted by atomic mass is 79.9. The molecule has 1 aliphatic rings. The van der Waals surface area contributed by atoms with Crippen LogP contribution in [0.1, 0.15) is 26.2 Å². The maximum absolute atomic E-state index is 12.0. The van der Waals surface area contributed by atoms with Gasteiger partial charge in [0.05, 0.1) is 10.4 Å². The van der Waals surface area contributed by atoms with Crippen molar-refractivity contribution < 1.29 is 14.7 Å². The third-order valence-corrected chi connectivity index (χ3v) is 5.14. The Morgan fingerprint density at radius 2 is 2.19 bits per heavy atom. The van der Waals surface area contributed by atoms with Crippen molar-refractivity contribution in [2.24, 2.45) is 5.41 Å². The Morgan fingerprint density at radius 1 is 1.48 bits per heavy atom. The smallest absolute Gasteiger partial charge is 0.319 e. The summed E-state index contributed by atoms with van der Waals surface area (Å²) in [6.07, 6.45) is 2.03. The van der Waals surface area contributed by atoms with E-state index in [1.807, 2.05) is 0 Å². The molecular formula is C14H16BrClN2O3. The Balaban J connectivity index is 2.01. The predicted molar refractivity (Wildman–Crippen MR) is 84.7 cm³/mol. The molecule has 2 atom stereocenters. The maximum atomic E-state index is 12.0. The molecule has 21 heavy (non-hydrogen) atoms. The van der Waals surface area contributed by atoms with E-state index in [1.165, 1.54) is 0 Å². The number of carboxylic acids is 1. The second-order valence-electron chi connectivity index (χ2n) is 5.39. The lowest BCUT2D eigenvalue weighted by atomic mass is 9.85. The number of nitrogens with one attached hydrogen (secondary N) is 2. The fourth-order valence-electron chi connectivity index (χ4n) is 2.55. The molecule has 0 saturated heterocycles. The van der Waals surface area contributed by atoms with Gasteiger partial charge in [-0.2, -0.15) is 0 Å². The van der Waals surface area contributed by atoms with Crippen LogP contribution in [0, 0.1) is 5.41 Å². The molecule has 0 radical (unpaired) electrons. The van der Waals surface area contributed by atoms with Gasteiger partial charge in [0.2, 0.25) is 0 Å². The van der Waals surface area contributed by atoms with E-state index in [-0.39, 0.29) is 6.04 Å². The summed E-state index contributed by atoms with van der Waals surface area (Å²) in [4.78, 5) is 23.4. The molecule has 1 saturated carbocycles. The van der Waals surface area contributed by atoms with Crippen LogP contribution in [0.25, 0.3) is 0 Å². The molecule has 0 heterocycles. The Labute approximate surface area is 136 Å². The third-order valence-electron chi connectivity index (χ3n) is 3.93. The largest absolute Gasteiger partial charge is 0.481 e. The number of hydrogen-bond donors (Lipinski definition) is 3. The number of halogens is 2. The second kappa shape index (κ2) is 6.23. The first-order chi connectivity index (χ1) is 9.83. The molecule has 5 nitrogen and oxygen atoms in total. The summed E-state index contributed by atoms with van der Waals surface area (Å²) in [6, 6.07) is 4.25. The van der Waals surface area contributed by atoms with Gasteiger partial charge in [-0.05, 0) is 53.9 Å². The van der Waals surface area contributed by atoms with Crippen molar-refractivity contribution >= 4 is 45.2 Å². The van der Waals surface area contributed by atoms with E-state index in [0.717, 1.165) is 6.42 Å². The first kappa shape index (κ1) is 16.1. The quantitative estimate of drug-likeness (QED) is 0.750. The molecule has 114 valence electrons. The number of hydrogen-bond acceptors (Lipinski definition) is 2. The number of anilines is 1. The van der Waals surface area contributed by atoms with Gasteiger partial charge in [0.1, 0.15) is 0 Å². The lowest BCUT2D eigenvalue weighted by Gasteiger charge is -2.27. The van der Waals surface area contributed by atoms with Gasteiger partial charge in [0.15, 0.2) is 0 Å². The van der Waals surface area contributed by atoms with Crippen molar-refractivity contribution in [3.63, 3.8) is 0 Å². The summed E-state index contributed by atoms with van der Waals surface area (Å²) >= 11 is 9.17. The minimum atomic E-state index is -0.905. The zero-order valence-electron chi connectivity index (χ0n) is 11.5. The second-order valence-corrected chi connectivity index (χ2v) is 6.66. The number of benzene rings is 1. The number of amides is 2. The Kier molecular flexibility index (Phi) is 4.78. The molecule has 3 N–H and O–H groups in total.